The van der Waals surface area contributed by atoms with E-state index in [1.165, 1.54) is 16.7 Å². The Bertz CT molecular complexity index is 328. The summed E-state index contributed by atoms with van der Waals surface area (Å²) in [6.07, 6.45) is 2.69. The second-order valence-electron chi connectivity index (χ2n) is 4.54. The minimum absolute atomic E-state index is 0.123. The van der Waals surface area contributed by atoms with Crippen LogP contribution >= 0.6 is 0 Å². The van der Waals surface area contributed by atoms with Gasteiger partial charge in [-0.25, -0.2) is 0 Å². The average Bonchev–Trinajstić information content (AvgIpc) is 2.16. The Morgan fingerprint density at radius 1 is 1.36 bits per heavy atom. The SMILES string of the molecule is CC(C)c1cccc2c1CC(O)CC2. The summed E-state index contributed by atoms with van der Waals surface area (Å²) < 4.78 is 0. The van der Waals surface area contributed by atoms with E-state index >= 15 is 0 Å². The van der Waals surface area contributed by atoms with Crippen LogP contribution < -0.4 is 0 Å². The topological polar surface area (TPSA) is 20.2 Å². The third-order valence-electron chi connectivity index (χ3n) is 3.12. The molecule has 0 heterocycles. The van der Waals surface area contributed by atoms with Gasteiger partial charge in [0, 0.05) is 0 Å². The van der Waals surface area contributed by atoms with Crippen molar-refractivity contribution < 1.29 is 5.11 Å². The second kappa shape index (κ2) is 3.74. The number of aliphatic hydroxyl groups excluding tert-OH is 1. The summed E-state index contributed by atoms with van der Waals surface area (Å²) in [5, 5.41) is 9.66. The molecule has 14 heavy (non-hydrogen) atoms. The van der Waals surface area contributed by atoms with E-state index in [-0.39, 0.29) is 6.10 Å². The number of aliphatic hydroxyl groups is 1. The van der Waals surface area contributed by atoms with Gasteiger partial charge in [0.05, 0.1) is 6.10 Å². The monoisotopic (exact) mass is 190 g/mol. The Kier molecular flexibility index (Phi) is 2.60. The predicted molar refractivity (Wildman–Crippen MR) is 58.6 cm³/mol. The van der Waals surface area contributed by atoms with Crippen molar-refractivity contribution in [3.05, 3.63) is 34.9 Å². The van der Waals surface area contributed by atoms with E-state index in [9.17, 15) is 5.11 Å². The molecule has 1 heteroatoms. The van der Waals surface area contributed by atoms with Gasteiger partial charge >= 0.3 is 0 Å². The minimum Gasteiger partial charge on any atom is -0.393 e. The highest BCUT2D eigenvalue weighted by atomic mass is 16.3. The molecule has 0 aliphatic heterocycles. The molecule has 0 saturated carbocycles. The summed E-state index contributed by atoms with van der Waals surface area (Å²) in [6, 6.07) is 6.54. The lowest BCUT2D eigenvalue weighted by Crippen LogP contribution is -2.20. The van der Waals surface area contributed by atoms with E-state index in [0.717, 1.165) is 19.3 Å². The quantitative estimate of drug-likeness (QED) is 0.722. The van der Waals surface area contributed by atoms with Crippen molar-refractivity contribution in [2.45, 2.75) is 45.1 Å². The van der Waals surface area contributed by atoms with E-state index in [1.54, 1.807) is 0 Å². The van der Waals surface area contributed by atoms with Crippen molar-refractivity contribution >= 4 is 0 Å². The van der Waals surface area contributed by atoms with E-state index in [2.05, 4.69) is 32.0 Å². The van der Waals surface area contributed by atoms with Crippen molar-refractivity contribution in [3.63, 3.8) is 0 Å². The summed E-state index contributed by atoms with van der Waals surface area (Å²) in [5.41, 5.74) is 4.27. The summed E-state index contributed by atoms with van der Waals surface area (Å²) in [5.74, 6) is 0.565. The Labute approximate surface area is 85.8 Å². The Hall–Kier alpha value is -0.820. The summed E-state index contributed by atoms with van der Waals surface area (Å²) in [7, 11) is 0. The van der Waals surface area contributed by atoms with Crippen molar-refractivity contribution in [2.24, 2.45) is 0 Å². The first-order valence-electron chi connectivity index (χ1n) is 5.47. The van der Waals surface area contributed by atoms with Gasteiger partial charge in [0.15, 0.2) is 0 Å². The Morgan fingerprint density at radius 3 is 2.86 bits per heavy atom. The molecule has 0 fully saturated rings. The van der Waals surface area contributed by atoms with Crippen molar-refractivity contribution in [2.75, 3.05) is 0 Å². The fraction of sp³-hybridized carbons (Fsp3) is 0.538. The third kappa shape index (κ3) is 1.69. The highest BCUT2D eigenvalue weighted by Gasteiger charge is 2.19. The summed E-state index contributed by atoms with van der Waals surface area (Å²) in [6.45, 7) is 4.44. The maximum atomic E-state index is 9.66. The Balaban J connectivity index is 2.43. The third-order valence-corrected chi connectivity index (χ3v) is 3.12. The van der Waals surface area contributed by atoms with Crippen LogP contribution in [-0.2, 0) is 12.8 Å². The number of rotatable bonds is 1. The van der Waals surface area contributed by atoms with Crippen molar-refractivity contribution in [1.29, 1.82) is 0 Å². The molecule has 1 aromatic rings. The molecule has 0 radical (unpaired) electrons. The molecule has 1 nitrogen and oxygen atoms in total. The molecule has 0 amide bonds. The molecule has 1 atom stereocenters. The molecule has 0 aromatic heterocycles. The van der Waals surface area contributed by atoms with Crippen LogP contribution in [-0.4, -0.2) is 11.2 Å². The first kappa shape index (κ1) is 9.72. The fourth-order valence-electron chi connectivity index (χ4n) is 2.34. The number of hydrogen-bond acceptors (Lipinski definition) is 1. The smallest absolute Gasteiger partial charge is 0.0583 e. The van der Waals surface area contributed by atoms with Gasteiger partial charge in [0.2, 0.25) is 0 Å². The van der Waals surface area contributed by atoms with Gasteiger partial charge < -0.3 is 5.11 Å². The lowest BCUT2D eigenvalue weighted by atomic mass is 9.83. The van der Waals surface area contributed by atoms with Crippen LogP contribution in [0.2, 0.25) is 0 Å². The molecule has 1 unspecified atom stereocenters. The minimum atomic E-state index is -0.123. The highest BCUT2D eigenvalue weighted by molar-refractivity contribution is 5.39. The van der Waals surface area contributed by atoms with Gasteiger partial charge in [0.25, 0.3) is 0 Å². The van der Waals surface area contributed by atoms with Crippen LogP contribution in [0.1, 0.15) is 42.9 Å². The number of aryl methyl sites for hydroxylation is 1. The maximum Gasteiger partial charge on any atom is 0.0583 e. The standard InChI is InChI=1S/C13H18O/c1-9(2)12-5-3-4-10-6-7-11(14)8-13(10)12/h3-5,9,11,14H,6-8H2,1-2H3. The van der Waals surface area contributed by atoms with E-state index in [4.69, 9.17) is 0 Å². The summed E-state index contributed by atoms with van der Waals surface area (Å²) in [4.78, 5) is 0. The molecule has 1 aromatic carbocycles. The van der Waals surface area contributed by atoms with Gasteiger partial charge in [-0.2, -0.15) is 0 Å². The zero-order valence-corrected chi connectivity index (χ0v) is 8.96. The van der Waals surface area contributed by atoms with E-state index in [0.29, 0.717) is 5.92 Å². The number of hydrogen-bond donors (Lipinski definition) is 1. The normalized spacial score (nSPS) is 21.0. The van der Waals surface area contributed by atoms with Gasteiger partial charge in [0.1, 0.15) is 0 Å². The van der Waals surface area contributed by atoms with Crippen LogP contribution in [0.15, 0.2) is 18.2 Å². The molecule has 1 aliphatic rings. The largest absolute Gasteiger partial charge is 0.393 e. The average molecular weight is 190 g/mol. The zero-order valence-electron chi connectivity index (χ0n) is 8.96. The molecule has 0 bridgehead atoms. The van der Waals surface area contributed by atoms with Crippen LogP contribution in [0.3, 0.4) is 0 Å². The molecule has 1 N–H and O–H groups in total. The van der Waals surface area contributed by atoms with Crippen LogP contribution in [0.25, 0.3) is 0 Å². The molecule has 76 valence electrons. The van der Waals surface area contributed by atoms with Gasteiger partial charge in [-0.1, -0.05) is 32.0 Å². The Morgan fingerprint density at radius 2 is 2.14 bits per heavy atom. The fourth-order valence-corrected chi connectivity index (χ4v) is 2.34. The predicted octanol–water partition coefficient (Wildman–Crippen LogP) is 2.66. The highest BCUT2D eigenvalue weighted by Crippen LogP contribution is 2.28. The molecule has 1 aliphatic carbocycles. The van der Waals surface area contributed by atoms with Gasteiger partial charge in [-0.15, -0.1) is 0 Å². The lowest BCUT2D eigenvalue weighted by molar-refractivity contribution is 0.158. The van der Waals surface area contributed by atoms with Crippen molar-refractivity contribution in [1.82, 2.24) is 0 Å². The maximum absolute atomic E-state index is 9.66. The first-order chi connectivity index (χ1) is 6.68. The van der Waals surface area contributed by atoms with E-state index < -0.39 is 0 Å². The molecular formula is C13H18O. The molecule has 0 saturated heterocycles. The second-order valence-corrected chi connectivity index (χ2v) is 4.54. The van der Waals surface area contributed by atoms with Crippen LogP contribution in [0, 0.1) is 0 Å². The zero-order chi connectivity index (χ0) is 10.1. The molecule has 2 rings (SSSR count). The van der Waals surface area contributed by atoms with E-state index in [1.807, 2.05) is 0 Å². The van der Waals surface area contributed by atoms with Gasteiger partial charge in [-0.3, -0.25) is 0 Å². The lowest BCUT2D eigenvalue weighted by Gasteiger charge is -2.24. The number of benzene rings is 1. The van der Waals surface area contributed by atoms with Gasteiger partial charge in [-0.05, 0) is 41.9 Å². The molecular weight excluding hydrogens is 172 g/mol. The van der Waals surface area contributed by atoms with Crippen LogP contribution in [0.4, 0.5) is 0 Å². The summed E-state index contributed by atoms with van der Waals surface area (Å²) >= 11 is 0. The van der Waals surface area contributed by atoms with Crippen molar-refractivity contribution in [3.8, 4) is 0 Å². The molecule has 0 spiro atoms. The number of fused-ring (bicyclic) bond motifs is 1. The van der Waals surface area contributed by atoms with Crippen LogP contribution in [0.5, 0.6) is 0 Å². The first-order valence-corrected chi connectivity index (χ1v) is 5.47.